The van der Waals surface area contributed by atoms with Gasteiger partial charge in [-0.05, 0) is 32.6 Å². The number of nitrogens with two attached hydrogens (primary N) is 1. The summed E-state index contributed by atoms with van der Waals surface area (Å²) in [6.45, 7) is 1.97. The van der Waals surface area contributed by atoms with E-state index in [-0.39, 0.29) is 5.54 Å². The second-order valence-corrected chi connectivity index (χ2v) is 3.86. The number of hydrogen-bond donors (Lipinski definition) is 2. The van der Waals surface area contributed by atoms with Crippen LogP contribution in [0.25, 0.3) is 0 Å². The van der Waals surface area contributed by atoms with Crippen molar-refractivity contribution in [3.05, 3.63) is 17.7 Å². The molecule has 1 aliphatic rings. The van der Waals surface area contributed by atoms with Crippen molar-refractivity contribution in [1.82, 2.24) is 9.97 Å². The fourth-order valence-corrected chi connectivity index (χ4v) is 1.39. The van der Waals surface area contributed by atoms with Crippen LogP contribution in [0.15, 0.2) is 6.20 Å². The average molecular weight is 165 g/mol. The van der Waals surface area contributed by atoms with Crippen LogP contribution in [0.5, 0.6) is 0 Å². The van der Waals surface area contributed by atoms with Crippen LogP contribution in [0.2, 0.25) is 0 Å². The lowest BCUT2D eigenvalue weighted by Crippen LogP contribution is -2.22. The van der Waals surface area contributed by atoms with E-state index in [2.05, 4.69) is 9.97 Å². The van der Waals surface area contributed by atoms with Crippen LogP contribution in [-0.2, 0) is 6.42 Å². The number of aromatic amines is 1. The third-order valence-corrected chi connectivity index (χ3v) is 2.54. The second kappa shape index (κ2) is 2.59. The molecule has 1 aromatic heterocycles. The average Bonchev–Trinajstić information content (AvgIpc) is 2.60. The first kappa shape index (κ1) is 7.80. The Morgan fingerprint density at radius 3 is 2.92 bits per heavy atom. The molecule has 0 atom stereocenters. The third kappa shape index (κ3) is 1.67. The van der Waals surface area contributed by atoms with Gasteiger partial charge in [-0.3, -0.25) is 0 Å². The maximum atomic E-state index is 5.97. The smallest absolute Gasteiger partial charge is 0.103 e. The largest absolute Gasteiger partial charge is 0.346 e. The normalized spacial score (nSPS) is 19.5. The van der Waals surface area contributed by atoms with Gasteiger partial charge in [0.25, 0.3) is 0 Å². The van der Waals surface area contributed by atoms with Gasteiger partial charge in [-0.25, -0.2) is 4.98 Å². The molecular formula is C9H15N3. The molecule has 0 spiro atoms. The number of hydrogen-bond acceptors (Lipinski definition) is 2. The summed E-state index contributed by atoms with van der Waals surface area (Å²) in [6.07, 6.45) is 6.42. The first-order valence-corrected chi connectivity index (χ1v) is 4.47. The Morgan fingerprint density at radius 1 is 1.67 bits per heavy atom. The maximum Gasteiger partial charge on any atom is 0.103 e. The van der Waals surface area contributed by atoms with Crippen molar-refractivity contribution in [1.29, 1.82) is 0 Å². The molecule has 0 radical (unpaired) electrons. The van der Waals surface area contributed by atoms with Crippen LogP contribution in [0.1, 0.15) is 30.8 Å². The summed E-state index contributed by atoms with van der Waals surface area (Å²) in [7, 11) is 0. The van der Waals surface area contributed by atoms with E-state index in [0.29, 0.717) is 0 Å². The van der Waals surface area contributed by atoms with E-state index in [1.807, 2.05) is 13.1 Å². The summed E-state index contributed by atoms with van der Waals surface area (Å²) in [5.41, 5.74) is 7.34. The zero-order valence-electron chi connectivity index (χ0n) is 7.43. The molecule has 0 aromatic carbocycles. The topological polar surface area (TPSA) is 54.7 Å². The highest BCUT2D eigenvalue weighted by molar-refractivity contribution is 5.05. The minimum Gasteiger partial charge on any atom is -0.346 e. The van der Waals surface area contributed by atoms with Crippen molar-refractivity contribution in [2.24, 2.45) is 5.73 Å². The van der Waals surface area contributed by atoms with Crippen LogP contribution in [0.3, 0.4) is 0 Å². The Balaban J connectivity index is 1.87. The first-order chi connectivity index (χ1) is 5.68. The standard InChI is InChI=1S/C9H15N3/c1-7-11-6-8(12-7)2-3-9(10)4-5-9/h6H,2-5,10H2,1H3,(H,11,12). The van der Waals surface area contributed by atoms with Crippen molar-refractivity contribution in [2.75, 3.05) is 0 Å². The maximum absolute atomic E-state index is 5.97. The van der Waals surface area contributed by atoms with Crippen molar-refractivity contribution in [3.63, 3.8) is 0 Å². The number of aromatic nitrogens is 2. The van der Waals surface area contributed by atoms with E-state index in [4.69, 9.17) is 5.73 Å². The number of rotatable bonds is 3. The van der Waals surface area contributed by atoms with E-state index in [1.165, 1.54) is 18.5 Å². The molecular weight excluding hydrogens is 150 g/mol. The van der Waals surface area contributed by atoms with Gasteiger partial charge in [0.1, 0.15) is 5.82 Å². The molecule has 0 bridgehead atoms. The van der Waals surface area contributed by atoms with Gasteiger partial charge in [0.2, 0.25) is 0 Å². The van der Waals surface area contributed by atoms with Crippen LogP contribution < -0.4 is 5.73 Å². The lowest BCUT2D eigenvalue weighted by atomic mass is 10.1. The molecule has 0 amide bonds. The van der Waals surface area contributed by atoms with Crippen LogP contribution in [-0.4, -0.2) is 15.5 Å². The summed E-state index contributed by atoms with van der Waals surface area (Å²) in [5, 5.41) is 0. The molecule has 66 valence electrons. The van der Waals surface area contributed by atoms with E-state index >= 15 is 0 Å². The van der Waals surface area contributed by atoms with E-state index < -0.39 is 0 Å². The van der Waals surface area contributed by atoms with Crippen LogP contribution in [0.4, 0.5) is 0 Å². The van der Waals surface area contributed by atoms with E-state index in [0.717, 1.165) is 18.7 Å². The van der Waals surface area contributed by atoms with Gasteiger partial charge in [-0.15, -0.1) is 0 Å². The van der Waals surface area contributed by atoms with Gasteiger partial charge in [0.05, 0.1) is 0 Å². The van der Waals surface area contributed by atoms with Gasteiger partial charge in [0.15, 0.2) is 0 Å². The molecule has 3 nitrogen and oxygen atoms in total. The second-order valence-electron chi connectivity index (χ2n) is 3.86. The monoisotopic (exact) mass is 165 g/mol. The Morgan fingerprint density at radius 2 is 2.42 bits per heavy atom. The predicted octanol–water partition coefficient (Wildman–Crippen LogP) is 1.14. The molecule has 12 heavy (non-hydrogen) atoms. The van der Waals surface area contributed by atoms with Gasteiger partial charge in [0, 0.05) is 17.4 Å². The minimum absolute atomic E-state index is 0.166. The van der Waals surface area contributed by atoms with Crippen molar-refractivity contribution < 1.29 is 0 Å². The van der Waals surface area contributed by atoms with Crippen LogP contribution >= 0.6 is 0 Å². The molecule has 0 unspecified atom stereocenters. The minimum atomic E-state index is 0.166. The lowest BCUT2D eigenvalue weighted by Gasteiger charge is -2.05. The number of nitrogens with one attached hydrogen (secondary N) is 1. The Hall–Kier alpha value is -0.830. The number of aryl methyl sites for hydroxylation is 2. The highest BCUT2D eigenvalue weighted by Crippen LogP contribution is 2.36. The Bertz CT molecular complexity index is 273. The first-order valence-electron chi connectivity index (χ1n) is 4.47. The van der Waals surface area contributed by atoms with Gasteiger partial charge < -0.3 is 10.7 Å². The number of H-pyrrole nitrogens is 1. The fraction of sp³-hybridized carbons (Fsp3) is 0.667. The molecule has 0 aliphatic heterocycles. The summed E-state index contributed by atoms with van der Waals surface area (Å²) in [5.74, 6) is 0.992. The molecule has 3 N–H and O–H groups in total. The summed E-state index contributed by atoms with van der Waals surface area (Å²) < 4.78 is 0. The summed E-state index contributed by atoms with van der Waals surface area (Å²) in [4.78, 5) is 7.35. The SMILES string of the molecule is Cc1ncc(CCC2(N)CC2)[nH]1. The Kier molecular flexibility index (Phi) is 1.68. The summed E-state index contributed by atoms with van der Waals surface area (Å²) in [6, 6.07) is 0. The molecule has 1 aliphatic carbocycles. The van der Waals surface area contributed by atoms with E-state index in [1.54, 1.807) is 0 Å². The molecule has 0 saturated heterocycles. The highest BCUT2D eigenvalue weighted by atomic mass is 14.9. The third-order valence-electron chi connectivity index (χ3n) is 2.54. The quantitative estimate of drug-likeness (QED) is 0.705. The van der Waals surface area contributed by atoms with Crippen LogP contribution in [0, 0.1) is 6.92 Å². The lowest BCUT2D eigenvalue weighted by molar-refractivity contribution is 0.604. The fourth-order valence-electron chi connectivity index (χ4n) is 1.39. The van der Waals surface area contributed by atoms with E-state index in [9.17, 15) is 0 Å². The van der Waals surface area contributed by atoms with Crippen molar-refractivity contribution in [3.8, 4) is 0 Å². The van der Waals surface area contributed by atoms with Gasteiger partial charge >= 0.3 is 0 Å². The zero-order valence-corrected chi connectivity index (χ0v) is 7.43. The molecule has 1 aromatic rings. The molecule has 1 heterocycles. The van der Waals surface area contributed by atoms with Gasteiger partial charge in [-0.1, -0.05) is 0 Å². The number of imidazole rings is 1. The number of nitrogens with zero attached hydrogens (tertiary/aromatic N) is 1. The summed E-state index contributed by atoms with van der Waals surface area (Å²) >= 11 is 0. The molecule has 1 fully saturated rings. The molecule has 2 rings (SSSR count). The molecule has 1 saturated carbocycles. The zero-order chi connectivity index (χ0) is 8.60. The Labute approximate surface area is 72.4 Å². The van der Waals surface area contributed by atoms with Gasteiger partial charge in [-0.2, -0.15) is 0 Å². The molecule has 3 heteroatoms. The van der Waals surface area contributed by atoms with Crippen molar-refractivity contribution in [2.45, 2.75) is 38.1 Å². The predicted molar refractivity (Wildman–Crippen MR) is 47.8 cm³/mol. The highest BCUT2D eigenvalue weighted by Gasteiger charge is 2.37. The van der Waals surface area contributed by atoms with Crippen molar-refractivity contribution >= 4 is 0 Å².